The zero-order chi connectivity index (χ0) is 37.9. The first-order valence-electron chi connectivity index (χ1n) is 16.0. The Bertz CT molecular complexity index is 2450. The van der Waals surface area contributed by atoms with E-state index in [0.717, 1.165) is 11.8 Å². The second kappa shape index (κ2) is 14.8. The van der Waals surface area contributed by atoms with Crippen LogP contribution in [0.4, 0.5) is 34.9 Å². The van der Waals surface area contributed by atoms with Crippen molar-refractivity contribution in [2.45, 2.75) is 19.6 Å². The highest BCUT2D eigenvalue weighted by molar-refractivity contribution is 7.90. The molecule has 53 heavy (non-hydrogen) atoms. The first kappa shape index (κ1) is 36.6. The maximum atomic E-state index is 14.4. The normalized spacial score (nSPS) is 11.7. The van der Waals surface area contributed by atoms with Crippen molar-refractivity contribution in [3.05, 3.63) is 126 Å². The summed E-state index contributed by atoms with van der Waals surface area (Å²) in [5.74, 6) is -3.89. The molecular weight excluding hydrogens is 715 g/mol. The first-order chi connectivity index (χ1) is 25.1. The van der Waals surface area contributed by atoms with Crippen molar-refractivity contribution in [2.24, 2.45) is 0 Å². The van der Waals surface area contributed by atoms with E-state index in [9.17, 15) is 35.6 Å². The summed E-state index contributed by atoms with van der Waals surface area (Å²) in [5, 5.41) is 10.6. The molecule has 6 rings (SSSR count). The van der Waals surface area contributed by atoms with Crippen LogP contribution < -0.4 is 10.6 Å². The van der Waals surface area contributed by atoms with Gasteiger partial charge >= 0.3 is 12.1 Å². The average Bonchev–Trinajstić information content (AvgIpc) is 3.50. The van der Waals surface area contributed by atoms with Gasteiger partial charge in [0.2, 0.25) is 5.95 Å². The summed E-state index contributed by atoms with van der Waals surface area (Å²) in [7, 11) is -3.64. The van der Waals surface area contributed by atoms with Gasteiger partial charge in [0.15, 0.2) is 0 Å². The van der Waals surface area contributed by atoms with Gasteiger partial charge in [-0.1, -0.05) is 42.0 Å². The van der Waals surface area contributed by atoms with Crippen LogP contribution >= 0.6 is 0 Å². The Morgan fingerprint density at radius 3 is 2.47 bits per heavy atom. The van der Waals surface area contributed by atoms with Crippen molar-refractivity contribution in [1.29, 1.82) is 0 Å². The van der Waals surface area contributed by atoms with Gasteiger partial charge in [-0.25, -0.2) is 27.3 Å². The lowest BCUT2D eigenvalue weighted by atomic mass is 10.0. The minimum atomic E-state index is -5.19. The van der Waals surface area contributed by atoms with E-state index in [4.69, 9.17) is 10.1 Å². The van der Waals surface area contributed by atoms with Gasteiger partial charge in [-0.2, -0.15) is 18.3 Å². The molecule has 2 amide bonds. The number of alkyl halides is 3. The van der Waals surface area contributed by atoms with Crippen LogP contribution in [0, 0.1) is 12.7 Å². The van der Waals surface area contributed by atoms with Crippen LogP contribution in [-0.4, -0.2) is 69.4 Å². The first-order valence-corrected chi connectivity index (χ1v) is 18.1. The number of benzene rings is 3. The highest BCUT2D eigenvalue weighted by Gasteiger charge is 2.42. The second-order valence-corrected chi connectivity index (χ2v) is 14.5. The molecule has 0 aliphatic heterocycles. The Hall–Kier alpha value is -6.16. The fourth-order valence-electron chi connectivity index (χ4n) is 5.57. The standard InChI is InChI=1S/C37H31F4N7O4S/c1-23-12-13-29(38)28(19-23)34(49)43-27-10-6-8-25(21-27)33-32(31-11-3-4-16-48(31)46-33)30-14-15-42-36(45-30)44-26-9-5-7-24(20-26)22-47(17-18-53(2,51)52)35(50)37(39,40)41/h3-16,19-21H,17-18,22H2,1-2H3,(H,43,49)(H,42,44,45). The van der Waals surface area contributed by atoms with Crippen molar-refractivity contribution >= 4 is 44.5 Å². The Morgan fingerprint density at radius 1 is 0.925 bits per heavy atom. The van der Waals surface area contributed by atoms with E-state index >= 15 is 0 Å². The zero-order valence-corrected chi connectivity index (χ0v) is 29.0. The second-order valence-electron chi connectivity index (χ2n) is 12.2. The zero-order valence-electron chi connectivity index (χ0n) is 28.2. The predicted octanol–water partition coefficient (Wildman–Crippen LogP) is 6.84. The third kappa shape index (κ3) is 8.84. The minimum absolute atomic E-state index is 0.0885. The smallest absolute Gasteiger partial charge is 0.330 e. The summed E-state index contributed by atoms with van der Waals surface area (Å²) in [6.07, 6.45) is -1.02. The number of carbonyl (C=O) groups excluding carboxylic acids is 2. The van der Waals surface area contributed by atoms with Crippen molar-refractivity contribution in [2.75, 3.05) is 29.2 Å². The molecule has 272 valence electrons. The quantitative estimate of drug-likeness (QED) is 0.138. The van der Waals surface area contributed by atoms with Gasteiger partial charge in [0.25, 0.3) is 5.91 Å². The Morgan fingerprint density at radius 2 is 1.70 bits per heavy atom. The maximum absolute atomic E-state index is 14.4. The monoisotopic (exact) mass is 745 g/mol. The van der Waals surface area contributed by atoms with Crippen LogP contribution in [0.5, 0.6) is 0 Å². The van der Waals surface area contributed by atoms with Crippen LogP contribution in [-0.2, 0) is 21.2 Å². The van der Waals surface area contributed by atoms with Gasteiger partial charge < -0.3 is 15.5 Å². The molecule has 3 heterocycles. The number of nitrogens with zero attached hydrogens (tertiary/aromatic N) is 5. The van der Waals surface area contributed by atoms with Gasteiger partial charge in [-0.05, 0) is 67.1 Å². The van der Waals surface area contributed by atoms with Crippen LogP contribution in [0.25, 0.3) is 28.0 Å². The number of aryl methyl sites for hydroxylation is 1. The number of pyridine rings is 1. The molecule has 0 bridgehead atoms. The molecule has 0 aliphatic carbocycles. The summed E-state index contributed by atoms with van der Waals surface area (Å²) in [5.41, 5.74) is 4.70. The van der Waals surface area contributed by atoms with Crippen molar-refractivity contribution in [3.63, 3.8) is 0 Å². The Kier molecular flexibility index (Phi) is 10.2. The molecule has 16 heteroatoms. The summed E-state index contributed by atoms with van der Waals surface area (Å²) >= 11 is 0. The third-order valence-corrected chi connectivity index (χ3v) is 8.95. The van der Waals surface area contributed by atoms with Crippen molar-refractivity contribution in [3.8, 4) is 22.5 Å². The molecule has 3 aromatic carbocycles. The number of hydrogen-bond donors (Lipinski definition) is 2. The summed E-state index contributed by atoms with van der Waals surface area (Å²) in [6.45, 7) is 0.635. The van der Waals surface area contributed by atoms with Crippen molar-refractivity contribution in [1.82, 2.24) is 24.5 Å². The topological polar surface area (TPSA) is 139 Å². The highest BCUT2D eigenvalue weighted by Crippen LogP contribution is 2.35. The molecule has 0 radical (unpaired) electrons. The summed E-state index contributed by atoms with van der Waals surface area (Å²) < 4.78 is 79.4. The average molecular weight is 746 g/mol. The predicted molar refractivity (Wildman–Crippen MR) is 192 cm³/mol. The number of sulfone groups is 1. The molecule has 3 aromatic heterocycles. The lowest BCUT2D eigenvalue weighted by molar-refractivity contribution is -0.185. The molecule has 2 N–H and O–H groups in total. The third-order valence-electron chi connectivity index (χ3n) is 8.03. The summed E-state index contributed by atoms with van der Waals surface area (Å²) in [6, 6.07) is 24.6. The Labute approximate surface area is 301 Å². The Balaban J connectivity index is 1.29. The molecule has 0 aliphatic rings. The molecule has 6 aromatic rings. The van der Waals surface area contributed by atoms with Gasteiger partial charge in [0, 0.05) is 48.7 Å². The number of carbonyl (C=O) groups is 2. The molecule has 0 saturated carbocycles. The van der Waals surface area contributed by atoms with E-state index in [-0.39, 0.29) is 11.5 Å². The van der Waals surface area contributed by atoms with Crippen LogP contribution in [0.3, 0.4) is 0 Å². The van der Waals surface area contributed by atoms with E-state index in [1.807, 2.05) is 24.3 Å². The number of anilines is 3. The van der Waals surface area contributed by atoms with E-state index in [2.05, 4.69) is 15.6 Å². The number of hydrogen-bond acceptors (Lipinski definition) is 8. The highest BCUT2D eigenvalue weighted by atomic mass is 32.2. The SMILES string of the molecule is Cc1ccc(F)c(C(=O)Nc2cccc(-c3nn4ccccc4c3-c3ccnc(Nc4cccc(CN(CCS(C)(=O)=O)C(=O)C(F)(F)F)c4)n3)c2)c1. The number of amides is 2. The van der Waals surface area contributed by atoms with E-state index in [1.165, 1.54) is 30.5 Å². The van der Waals surface area contributed by atoms with Gasteiger partial charge in [-0.3, -0.25) is 9.59 Å². The molecule has 0 unspecified atom stereocenters. The number of rotatable bonds is 11. The van der Waals surface area contributed by atoms with Crippen LogP contribution in [0.2, 0.25) is 0 Å². The van der Waals surface area contributed by atoms with Gasteiger partial charge in [0.1, 0.15) is 21.3 Å². The number of halogens is 4. The fraction of sp³-hybridized carbons (Fsp3) is 0.162. The molecule has 0 spiro atoms. The van der Waals surface area contributed by atoms with E-state index in [0.29, 0.717) is 49.9 Å². The van der Waals surface area contributed by atoms with Crippen LogP contribution in [0.1, 0.15) is 21.5 Å². The van der Waals surface area contributed by atoms with E-state index < -0.39 is 52.5 Å². The molecular formula is C37H31F4N7O4S. The van der Waals surface area contributed by atoms with Gasteiger partial charge in [-0.15, -0.1) is 0 Å². The lowest BCUT2D eigenvalue weighted by Crippen LogP contribution is -2.42. The van der Waals surface area contributed by atoms with Crippen molar-refractivity contribution < 1.29 is 35.6 Å². The fourth-order valence-corrected chi connectivity index (χ4v) is 6.12. The largest absolute Gasteiger partial charge is 0.471 e. The maximum Gasteiger partial charge on any atom is 0.471 e. The molecule has 0 saturated heterocycles. The minimum Gasteiger partial charge on any atom is -0.330 e. The molecule has 0 fully saturated rings. The van der Waals surface area contributed by atoms with Crippen LogP contribution in [0.15, 0.2) is 103 Å². The number of fused-ring (bicyclic) bond motifs is 1. The van der Waals surface area contributed by atoms with E-state index in [1.54, 1.807) is 60.1 Å². The molecule has 0 atom stereocenters. The lowest BCUT2D eigenvalue weighted by Gasteiger charge is -2.23. The van der Waals surface area contributed by atoms with Gasteiger partial charge in [0.05, 0.1) is 28.1 Å². The molecule has 11 nitrogen and oxygen atoms in total. The summed E-state index contributed by atoms with van der Waals surface area (Å²) in [4.78, 5) is 34.6. The number of aromatic nitrogens is 4. The number of nitrogens with one attached hydrogen (secondary N) is 2.